The summed E-state index contributed by atoms with van der Waals surface area (Å²) in [5, 5.41) is 2.95. The van der Waals surface area contributed by atoms with Crippen LogP contribution in [0.4, 0.5) is 4.39 Å². The first-order chi connectivity index (χ1) is 11.5. The Hall–Kier alpha value is -1.66. The van der Waals surface area contributed by atoms with Crippen molar-refractivity contribution in [1.29, 1.82) is 0 Å². The van der Waals surface area contributed by atoms with Gasteiger partial charge in [-0.15, -0.1) is 23.1 Å². The maximum Gasteiger partial charge on any atom is 0.220 e. The fraction of sp³-hybridized carbons (Fsp3) is 0.333. The Morgan fingerprint density at radius 1 is 1.25 bits per heavy atom. The Kier molecular flexibility index (Phi) is 5.36. The molecule has 0 saturated carbocycles. The van der Waals surface area contributed by atoms with Crippen LogP contribution in [0.1, 0.15) is 45.4 Å². The number of thiophene rings is 1. The highest BCUT2D eigenvalue weighted by Crippen LogP contribution is 2.36. The number of carbonyl (C=O) groups excluding carboxylic acids is 2. The third-order valence-electron chi connectivity index (χ3n) is 3.94. The van der Waals surface area contributed by atoms with E-state index >= 15 is 0 Å². The van der Waals surface area contributed by atoms with Crippen LogP contribution in [0.5, 0.6) is 0 Å². The summed E-state index contributed by atoms with van der Waals surface area (Å²) >= 11 is 3.13. The van der Waals surface area contributed by atoms with Crippen molar-refractivity contribution < 1.29 is 14.0 Å². The number of nitrogens with one attached hydrogen (secondary N) is 1. The highest BCUT2D eigenvalue weighted by Gasteiger charge is 2.23. The Labute approximate surface area is 148 Å². The van der Waals surface area contributed by atoms with Crippen molar-refractivity contribution in [2.24, 2.45) is 0 Å². The fourth-order valence-electron chi connectivity index (χ4n) is 2.72. The van der Waals surface area contributed by atoms with Gasteiger partial charge in [0.05, 0.1) is 10.9 Å². The van der Waals surface area contributed by atoms with Gasteiger partial charge in [0.15, 0.2) is 5.78 Å². The zero-order chi connectivity index (χ0) is 17.1. The Morgan fingerprint density at radius 3 is 2.83 bits per heavy atom. The molecule has 3 nitrogen and oxygen atoms in total. The number of thioether (sulfide) groups is 1. The van der Waals surface area contributed by atoms with E-state index in [1.54, 1.807) is 23.9 Å². The predicted octanol–water partition coefficient (Wildman–Crippen LogP) is 4.51. The monoisotopic (exact) mass is 363 g/mol. The van der Waals surface area contributed by atoms with E-state index in [4.69, 9.17) is 0 Å². The van der Waals surface area contributed by atoms with Gasteiger partial charge in [-0.1, -0.05) is 0 Å². The van der Waals surface area contributed by atoms with Crippen LogP contribution in [0.15, 0.2) is 35.2 Å². The molecular formula is C18H18FNO2S2. The molecule has 3 rings (SSSR count). The first kappa shape index (κ1) is 17.2. The second-order valence-electron chi connectivity index (χ2n) is 5.77. The number of rotatable bonds is 5. The number of Topliss-reactive ketones (excluding diaryl/α,β-unsaturated/α-hetero) is 1. The summed E-state index contributed by atoms with van der Waals surface area (Å²) in [6, 6.07) is 8.23. The zero-order valence-electron chi connectivity index (χ0n) is 13.3. The maximum absolute atomic E-state index is 13.5. The number of halogens is 1. The number of hydrogen-bond acceptors (Lipinski definition) is 4. The van der Waals surface area contributed by atoms with E-state index in [9.17, 15) is 14.0 Å². The van der Waals surface area contributed by atoms with E-state index in [2.05, 4.69) is 5.32 Å². The zero-order valence-corrected chi connectivity index (χ0v) is 14.9. The van der Waals surface area contributed by atoms with Crippen molar-refractivity contribution in [2.75, 3.05) is 5.75 Å². The molecule has 1 amide bonds. The molecule has 0 radical (unpaired) electrons. The summed E-state index contributed by atoms with van der Waals surface area (Å²) in [6.45, 7) is 1.95. The Morgan fingerprint density at radius 2 is 2.08 bits per heavy atom. The number of benzene rings is 1. The normalized spacial score (nSPS) is 16.5. The van der Waals surface area contributed by atoms with Gasteiger partial charge in [0, 0.05) is 28.4 Å². The minimum absolute atomic E-state index is 0.00565. The van der Waals surface area contributed by atoms with Crippen LogP contribution in [0.25, 0.3) is 0 Å². The molecule has 2 aromatic rings. The molecule has 126 valence electrons. The van der Waals surface area contributed by atoms with Gasteiger partial charge in [-0.3, -0.25) is 9.59 Å². The molecule has 1 aliphatic rings. The number of aryl methyl sites for hydroxylation is 1. The molecule has 1 unspecified atom stereocenters. The smallest absolute Gasteiger partial charge is 0.220 e. The minimum Gasteiger partial charge on any atom is -0.349 e. The average Bonchev–Trinajstić information content (AvgIpc) is 3.00. The topological polar surface area (TPSA) is 46.2 Å². The van der Waals surface area contributed by atoms with Gasteiger partial charge in [-0.25, -0.2) is 4.39 Å². The molecule has 0 fully saturated rings. The lowest BCUT2D eigenvalue weighted by Gasteiger charge is -2.26. The lowest BCUT2D eigenvalue weighted by molar-refractivity contribution is -0.121. The molecular weight excluding hydrogens is 345 g/mol. The maximum atomic E-state index is 13.5. The van der Waals surface area contributed by atoms with E-state index < -0.39 is 0 Å². The van der Waals surface area contributed by atoms with Crippen LogP contribution >= 0.6 is 23.1 Å². The van der Waals surface area contributed by atoms with Crippen molar-refractivity contribution in [3.63, 3.8) is 0 Å². The molecule has 1 aromatic heterocycles. The third kappa shape index (κ3) is 4.05. The second kappa shape index (κ2) is 7.49. The summed E-state index contributed by atoms with van der Waals surface area (Å²) in [5.74, 6) is 0.424. The van der Waals surface area contributed by atoms with E-state index in [-0.39, 0.29) is 36.4 Å². The number of ketones is 1. The molecule has 1 aliphatic heterocycles. The number of hydrogen-bond donors (Lipinski definition) is 1. The summed E-state index contributed by atoms with van der Waals surface area (Å²) in [6.07, 6.45) is 1.12. The SMILES string of the molecule is Cc1ccc(C(=O)CCC(=O)NC2CCSc3ccc(F)cc32)s1. The number of fused-ring (bicyclic) bond motifs is 1. The van der Waals surface area contributed by atoms with E-state index in [0.29, 0.717) is 4.88 Å². The molecule has 1 atom stereocenters. The average molecular weight is 363 g/mol. The molecule has 24 heavy (non-hydrogen) atoms. The molecule has 1 aromatic carbocycles. The first-order valence-corrected chi connectivity index (χ1v) is 9.64. The standard InChI is InChI=1S/C18H18FNO2S2/c1-11-2-5-17(24-11)15(21)4-7-18(22)20-14-8-9-23-16-6-3-12(19)10-13(14)16/h2-3,5-6,10,14H,4,7-9H2,1H3,(H,20,22). The molecule has 1 N–H and O–H groups in total. The van der Waals surface area contributed by atoms with Crippen molar-refractivity contribution in [2.45, 2.75) is 37.1 Å². The van der Waals surface area contributed by atoms with Gasteiger partial charge in [0.25, 0.3) is 0 Å². The first-order valence-electron chi connectivity index (χ1n) is 7.84. The number of carbonyl (C=O) groups is 2. The summed E-state index contributed by atoms with van der Waals surface area (Å²) < 4.78 is 13.5. The largest absolute Gasteiger partial charge is 0.349 e. The van der Waals surface area contributed by atoms with Crippen molar-refractivity contribution in [3.05, 3.63) is 51.5 Å². The van der Waals surface area contributed by atoms with Gasteiger partial charge < -0.3 is 5.32 Å². The molecule has 2 heterocycles. The molecule has 0 spiro atoms. The number of amides is 1. The highest BCUT2D eigenvalue weighted by atomic mass is 32.2. The highest BCUT2D eigenvalue weighted by molar-refractivity contribution is 7.99. The van der Waals surface area contributed by atoms with Crippen LogP contribution in [-0.4, -0.2) is 17.4 Å². The van der Waals surface area contributed by atoms with Crippen LogP contribution < -0.4 is 5.32 Å². The van der Waals surface area contributed by atoms with Gasteiger partial charge in [0.1, 0.15) is 5.82 Å². The van der Waals surface area contributed by atoms with Gasteiger partial charge >= 0.3 is 0 Å². The minimum atomic E-state index is -0.293. The molecule has 0 aliphatic carbocycles. The van der Waals surface area contributed by atoms with Gasteiger partial charge in [0.2, 0.25) is 5.91 Å². The molecule has 0 bridgehead atoms. The van der Waals surface area contributed by atoms with Crippen LogP contribution in [-0.2, 0) is 4.79 Å². The summed E-state index contributed by atoms with van der Waals surface area (Å²) in [5.41, 5.74) is 0.833. The molecule has 0 saturated heterocycles. The lowest BCUT2D eigenvalue weighted by atomic mass is 10.0. The lowest BCUT2D eigenvalue weighted by Crippen LogP contribution is -2.30. The fourth-order valence-corrected chi connectivity index (χ4v) is 4.66. The molecule has 6 heteroatoms. The van der Waals surface area contributed by atoms with Crippen LogP contribution in [0.2, 0.25) is 0 Å². The summed E-state index contributed by atoms with van der Waals surface area (Å²) in [4.78, 5) is 27.1. The van der Waals surface area contributed by atoms with Gasteiger partial charge in [-0.05, 0) is 49.2 Å². The quantitative estimate of drug-likeness (QED) is 0.795. The van der Waals surface area contributed by atoms with Gasteiger partial charge in [-0.2, -0.15) is 0 Å². The predicted molar refractivity (Wildman–Crippen MR) is 95.2 cm³/mol. The Balaban J connectivity index is 1.58. The van der Waals surface area contributed by atoms with E-state index in [1.165, 1.54) is 23.5 Å². The van der Waals surface area contributed by atoms with Crippen LogP contribution in [0, 0.1) is 12.7 Å². The summed E-state index contributed by atoms with van der Waals surface area (Å²) in [7, 11) is 0. The van der Waals surface area contributed by atoms with Crippen LogP contribution in [0.3, 0.4) is 0 Å². The van der Waals surface area contributed by atoms with Crippen molar-refractivity contribution in [1.82, 2.24) is 5.32 Å². The Bertz CT molecular complexity index is 772. The van der Waals surface area contributed by atoms with Crippen molar-refractivity contribution >= 4 is 34.8 Å². The second-order valence-corrected chi connectivity index (χ2v) is 8.20. The van der Waals surface area contributed by atoms with E-state index in [0.717, 1.165) is 27.5 Å². The third-order valence-corrected chi connectivity index (χ3v) is 6.11. The van der Waals surface area contributed by atoms with Crippen molar-refractivity contribution in [3.8, 4) is 0 Å². The van der Waals surface area contributed by atoms with E-state index in [1.807, 2.05) is 13.0 Å².